The topological polar surface area (TPSA) is 55.9 Å². The second-order valence-electron chi connectivity index (χ2n) is 8.99. The number of nitrogens with one attached hydrogen (secondary N) is 1. The van der Waals surface area contributed by atoms with E-state index in [1.165, 1.54) is 15.3 Å². The molecule has 0 unspecified atom stereocenters. The molecule has 2 heterocycles. The zero-order chi connectivity index (χ0) is 25.5. The van der Waals surface area contributed by atoms with Crippen molar-refractivity contribution in [3.63, 3.8) is 0 Å². The third kappa shape index (κ3) is 5.37. The van der Waals surface area contributed by atoms with E-state index in [0.717, 1.165) is 37.5 Å². The molecule has 1 N–H and O–H groups in total. The molecule has 2 atom stereocenters. The Morgan fingerprint density at radius 3 is 2.37 bits per heavy atom. The van der Waals surface area contributed by atoms with E-state index < -0.39 is 33.6 Å². The maximum Gasteiger partial charge on any atom is 0.418 e. The van der Waals surface area contributed by atoms with Gasteiger partial charge in [-0.3, -0.25) is 0 Å². The lowest BCUT2D eigenvalue weighted by molar-refractivity contribution is -0.137. The molecule has 2 aliphatic heterocycles. The highest BCUT2D eigenvalue weighted by molar-refractivity contribution is 7.89. The molecule has 192 valence electrons. The summed E-state index contributed by atoms with van der Waals surface area (Å²) in [5, 5.41) is 3.45. The number of hydrogen-bond donors (Lipinski definition) is 1. The maximum atomic E-state index is 13.5. The normalized spacial score (nSPS) is 22.5. The van der Waals surface area contributed by atoms with Crippen LogP contribution in [0.25, 0.3) is 0 Å². The Labute approximate surface area is 207 Å². The third-order valence-corrected chi connectivity index (χ3v) is 8.90. The van der Waals surface area contributed by atoms with Crippen LogP contribution in [0, 0.1) is 5.82 Å². The zero-order valence-electron chi connectivity index (χ0n) is 19.3. The number of sulfonamides is 1. The molecule has 2 saturated heterocycles. The fraction of sp³-hybridized carbons (Fsp3) is 0.478. The molecule has 4 rings (SSSR count). The van der Waals surface area contributed by atoms with Gasteiger partial charge in [0.25, 0.3) is 0 Å². The van der Waals surface area contributed by atoms with Crippen molar-refractivity contribution in [2.75, 3.05) is 49.1 Å². The first-order valence-corrected chi connectivity index (χ1v) is 13.1. The van der Waals surface area contributed by atoms with Crippen molar-refractivity contribution < 1.29 is 26.0 Å². The van der Waals surface area contributed by atoms with Crippen molar-refractivity contribution in [2.45, 2.75) is 37.0 Å². The summed E-state index contributed by atoms with van der Waals surface area (Å²) in [6.45, 7) is 6.05. The highest BCUT2D eigenvalue weighted by Gasteiger charge is 2.39. The SMILES string of the molecule is C[C@@H]1CN(c2ccc(F)cc2C(F)(F)F)CCN1S(=O)(=O)c1ccc(N2CCN[C@@H](C)C2)cc1Cl. The van der Waals surface area contributed by atoms with Crippen molar-refractivity contribution in [1.82, 2.24) is 9.62 Å². The van der Waals surface area contributed by atoms with Gasteiger partial charge < -0.3 is 15.1 Å². The van der Waals surface area contributed by atoms with Gasteiger partial charge in [-0.05, 0) is 50.2 Å². The Morgan fingerprint density at radius 2 is 1.74 bits per heavy atom. The predicted molar refractivity (Wildman–Crippen MR) is 128 cm³/mol. The molecule has 6 nitrogen and oxygen atoms in total. The first kappa shape index (κ1) is 26.0. The number of alkyl halides is 3. The Hall–Kier alpha value is -2.08. The van der Waals surface area contributed by atoms with Gasteiger partial charge in [0.15, 0.2) is 0 Å². The minimum Gasteiger partial charge on any atom is -0.369 e. The van der Waals surface area contributed by atoms with Gasteiger partial charge in [-0.15, -0.1) is 0 Å². The quantitative estimate of drug-likeness (QED) is 0.596. The van der Waals surface area contributed by atoms with E-state index in [9.17, 15) is 26.0 Å². The van der Waals surface area contributed by atoms with Crippen LogP contribution < -0.4 is 15.1 Å². The lowest BCUT2D eigenvalue weighted by atomic mass is 10.1. The van der Waals surface area contributed by atoms with Crippen LogP contribution in [0.1, 0.15) is 19.4 Å². The molecule has 2 aliphatic rings. The zero-order valence-corrected chi connectivity index (χ0v) is 20.9. The van der Waals surface area contributed by atoms with Gasteiger partial charge in [0, 0.05) is 62.7 Å². The van der Waals surface area contributed by atoms with E-state index >= 15 is 0 Å². The minimum absolute atomic E-state index is 0.0162. The number of nitrogens with zero attached hydrogens (tertiary/aromatic N) is 3. The van der Waals surface area contributed by atoms with E-state index in [-0.39, 0.29) is 35.2 Å². The summed E-state index contributed by atoms with van der Waals surface area (Å²) in [4.78, 5) is 3.53. The van der Waals surface area contributed by atoms with E-state index in [0.29, 0.717) is 12.1 Å². The van der Waals surface area contributed by atoms with Crippen molar-refractivity contribution in [3.8, 4) is 0 Å². The molecule has 0 amide bonds. The van der Waals surface area contributed by atoms with Gasteiger partial charge in [0.05, 0.1) is 10.6 Å². The molecule has 2 aromatic rings. The van der Waals surface area contributed by atoms with Gasteiger partial charge in [0.2, 0.25) is 10.0 Å². The van der Waals surface area contributed by atoms with Gasteiger partial charge in [-0.2, -0.15) is 17.5 Å². The van der Waals surface area contributed by atoms with E-state index in [1.54, 1.807) is 19.1 Å². The first-order chi connectivity index (χ1) is 16.4. The summed E-state index contributed by atoms with van der Waals surface area (Å²) in [5.41, 5.74) is -0.423. The monoisotopic (exact) mass is 534 g/mol. The van der Waals surface area contributed by atoms with Gasteiger partial charge in [-0.25, -0.2) is 12.8 Å². The predicted octanol–water partition coefficient (Wildman–Crippen LogP) is 4.20. The van der Waals surface area contributed by atoms with Crippen LogP contribution in [0.4, 0.5) is 28.9 Å². The van der Waals surface area contributed by atoms with Crippen molar-refractivity contribution >= 4 is 33.0 Å². The standard InChI is InChI=1S/C23H27ClF4N4O2S/c1-15-13-30(8-7-29-15)18-4-6-22(20(24)12-18)35(33,34)32-10-9-31(14-16(32)2)21-5-3-17(25)11-19(21)23(26,27)28/h3-6,11-12,15-16,29H,7-10,13-14H2,1-2H3/t15-,16+/m0/s1. The largest absolute Gasteiger partial charge is 0.418 e. The second kappa shape index (κ2) is 9.76. The van der Waals surface area contributed by atoms with Crippen LogP contribution >= 0.6 is 11.6 Å². The molecular formula is C23H27ClF4N4O2S. The molecule has 0 aliphatic carbocycles. The van der Waals surface area contributed by atoms with Crippen LogP contribution in [0.5, 0.6) is 0 Å². The molecule has 12 heteroatoms. The lowest BCUT2D eigenvalue weighted by Crippen LogP contribution is -2.54. The lowest BCUT2D eigenvalue weighted by Gasteiger charge is -2.41. The molecule has 0 spiro atoms. The van der Waals surface area contributed by atoms with Crippen LogP contribution in [0.15, 0.2) is 41.3 Å². The number of benzene rings is 2. The van der Waals surface area contributed by atoms with Gasteiger partial charge in [0.1, 0.15) is 10.7 Å². The molecule has 2 aromatic carbocycles. The van der Waals surface area contributed by atoms with Crippen molar-refractivity contribution in [3.05, 3.63) is 52.8 Å². The Kier molecular flexibility index (Phi) is 7.25. The highest BCUT2D eigenvalue weighted by Crippen LogP contribution is 2.38. The van der Waals surface area contributed by atoms with Gasteiger partial charge >= 0.3 is 6.18 Å². The minimum atomic E-state index is -4.73. The number of rotatable bonds is 4. The summed E-state index contributed by atoms with van der Waals surface area (Å²) in [7, 11) is -3.99. The van der Waals surface area contributed by atoms with E-state index in [2.05, 4.69) is 17.1 Å². The second-order valence-corrected chi connectivity index (χ2v) is 11.3. The highest BCUT2D eigenvalue weighted by atomic mass is 35.5. The fourth-order valence-electron chi connectivity index (χ4n) is 4.72. The molecular weight excluding hydrogens is 508 g/mol. The Balaban J connectivity index is 1.54. The smallest absolute Gasteiger partial charge is 0.369 e. The molecule has 35 heavy (non-hydrogen) atoms. The number of hydrogen-bond acceptors (Lipinski definition) is 5. The van der Waals surface area contributed by atoms with Crippen LogP contribution in [-0.2, 0) is 16.2 Å². The number of piperazine rings is 2. The van der Waals surface area contributed by atoms with Crippen molar-refractivity contribution in [2.24, 2.45) is 0 Å². The summed E-state index contributed by atoms with van der Waals surface area (Å²) in [6.07, 6.45) is -4.73. The van der Waals surface area contributed by atoms with E-state index in [1.807, 2.05) is 0 Å². The Bertz CT molecular complexity index is 1190. The fourth-order valence-corrected chi connectivity index (χ4v) is 6.84. The van der Waals surface area contributed by atoms with E-state index in [4.69, 9.17) is 11.6 Å². The maximum absolute atomic E-state index is 13.5. The molecule has 0 saturated carbocycles. The average Bonchev–Trinajstić information content (AvgIpc) is 2.78. The summed E-state index contributed by atoms with van der Waals surface area (Å²) in [5.74, 6) is -0.983. The first-order valence-electron chi connectivity index (χ1n) is 11.3. The molecule has 0 bridgehead atoms. The molecule has 0 aromatic heterocycles. The third-order valence-electron chi connectivity index (χ3n) is 6.41. The molecule has 2 fully saturated rings. The number of halogens is 5. The summed E-state index contributed by atoms with van der Waals surface area (Å²) in [6, 6.07) is 7.03. The van der Waals surface area contributed by atoms with Crippen LogP contribution in [-0.4, -0.2) is 64.1 Å². The van der Waals surface area contributed by atoms with Gasteiger partial charge in [-0.1, -0.05) is 11.6 Å². The molecule has 0 radical (unpaired) electrons. The summed E-state index contributed by atoms with van der Waals surface area (Å²) >= 11 is 6.43. The van der Waals surface area contributed by atoms with Crippen molar-refractivity contribution in [1.29, 1.82) is 0 Å². The van der Waals surface area contributed by atoms with Crippen LogP contribution in [0.3, 0.4) is 0 Å². The van der Waals surface area contributed by atoms with Crippen LogP contribution in [0.2, 0.25) is 5.02 Å². The summed E-state index contributed by atoms with van der Waals surface area (Å²) < 4.78 is 82.1. The number of anilines is 2. The Morgan fingerprint density at radius 1 is 1.00 bits per heavy atom. The average molecular weight is 535 g/mol.